The predicted molar refractivity (Wildman–Crippen MR) is 62.1 cm³/mol. The minimum atomic E-state index is -0.689. The zero-order valence-corrected chi connectivity index (χ0v) is 10.5. The van der Waals surface area contributed by atoms with Crippen LogP contribution in [0.4, 0.5) is 0 Å². The Morgan fingerprint density at radius 2 is 2.25 bits per heavy atom. The van der Waals surface area contributed by atoms with Crippen molar-refractivity contribution in [3.05, 3.63) is 0 Å². The van der Waals surface area contributed by atoms with Gasteiger partial charge in [-0.1, -0.05) is 0 Å². The van der Waals surface area contributed by atoms with Crippen molar-refractivity contribution in [2.45, 2.75) is 51.7 Å². The second kappa shape index (κ2) is 5.64. The van der Waals surface area contributed by atoms with E-state index >= 15 is 0 Å². The van der Waals surface area contributed by atoms with Gasteiger partial charge in [0.2, 0.25) is 0 Å². The molecule has 1 unspecified atom stereocenters. The van der Waals surface area contributed by atoms with Crippen LogP contribution in [0.2, 0.25) is 0 Å². The minimum absolute atomic E-state index is 0.149. The van der Waals surface area contributed by atoms with Crippen molar-refractivity contribution in [2.24, 2.45) is 0 Å². The molecule has 0 saturated carbocycles. The van der Waals surface area contributed by atoms with Gasteiger partial charge >= 0.3 is 5.97 Å². The van der Waals surface area contributed by atoms with Crippen LogP contribution in [0, 0.1) is 0 Å². The summed E-state index contributed by atoms with van der Waals surface area (Å²) >= 11 is 0. The molecular weight excluding hydrogens is 206 g/mol. The summed E-state index contributed by atoms with van der Waals surface area (Å²) in [6, 6.07) is 0.168. The smallest absolute Gasteiger partial charge is 0.307 e. The molecule has 0 amide bonds. The molecular formula is C12H23NO3. The van der Waals surface area contributed by atoms with E-state index in [-0.39, 0.29) is 12.0 Å². The minimum Gasteiger partial charge on any atom is -0.466 e. The fourth-order valence-electron chi connectivity index (χ4n) is 2.36. The van der Waals surface area contributed by atoms with Gasteiger partial charge in [0.25, 0.3) is 0 Å². The van der Waals surface area contributed by atoms with Crippen molar-refractivity contribution in [1.29, 1.82) is 0 Å². The highest BCUT2D eigenvalue weighted by atomic mass is 16.5. The summed E-state index contributed by atoms with van der Waals surface area (Å²) in [5.41, 5.74) is -0.689. The lowest BCUT2D eigenvalue weighted by Crippen LogP contribution is -2.46. The number of carbonyl (C=O) groups excluding carboxylic acids is 1. The predicted octanol–water partition coefficient (Wildman–Crippen LogP) is 1.17. The van der Waals surface area contributed by atoms with Gasteiger partial charge < -0.3 is 9.84 Å². The Bertz CT molecular complexity index is 235. The van der Waals surface area contributed by atoms with E-state index in [4.69, 9.17) is 4.74 Å². The molecule has 16 heavy (non-hydrogen) atoms. The third-order valence-electron chi connectivity index (χ3n) is 3.09. The molecule has 94 valence electrons. The van der Waals surface area contributed by atoms with E-state index in [1.54, 1.807) is 0 Å². The van der Waals surface area contributed by atoms with Gasteiger partial charge in [-0.05, 0) is 40.2 Å². The highest BCUT2D eigenvalue weighted by Gasteiger charge is 2.35. The van der Waals surface area contributed by atoms with Crippen LogP contribution >= 0.6 is 0 Å². The van der Waals surface area contributed by atoms with Crippen molar-refractivity contribution in [2.75, 3.05) is 19.7 Å². The molecule has 1 saturated heterocycles. The molecule has 4 heteroatoms. The number of aliphatic hydroxyl groups is 1. The molecule has 1 heterocycles. The zero-order valence-electron chi connectivity index (χ0n) is 10.5. The Labute approximate surface area is 97.6 Å². The molecule has 0 aromatic heterocycles. The first kappa shape index (κ1) is 13.5. The number of nitrogens with zero attached hydrogens (tertiary/aromatic N) is 1. The normalized spacial score (nSPS) is 22.4. The van der Waals surface area contributed by atoms with Crippen LogP contribution in [0.25, 0.3) is 0 Å². The number of esters is 1. The van der Waals surface area contributed by atoms with Crippen LogP contribution in [0.5, 0.6) is 0 Å². The second-order valence-corrected chi connectivity index (χ2v) is 4.90. The van der Waals surface area contributed by atoms with E-state index in [1.807, 2.05) is 20.8 Å². The molecule has 0 aromatic rings. The molecule has 4 nitrogen and oxygen atoms in total. The van der Waals surface area contributed by atoms with Gasteiger partial charge in [-0.2, -0.15) is 0 Å². The first-order chi connectivity index (χ1) is 7.45. The van der Waals surface area contributed by atoms with E-state index in [1.165, 1.54) is 0 Å². The molecule has 0 bridgehead atoms. The lowest BCUT2D eigenvalue weighted by atomic mass is 9.96. The molecule has 1 atom stereocenters. The van der Waals surface area contributed by atoms with Crippen LogP contribution in [0.1, 0.15) is 40.0 Å². The third-order valence-corrected chi connectivity index (χ3v) is 3.09. The highest BCUT2D eigenvalue weighted by Crippen LogP contribution is 2.26. The lowest BCUT2D eigenvalue weighted by molar-refractivity contribution is -0.143. The summed E-state index contributed by atoms with van der Waals surface area (Å²) in [6.45, 7) is 7.57. The van der Waals surface area contributed by atoms with Crippen molar-refractivity contribution in [3.63, 3.8) is 0 Å². The van der Waals surface area contributed by atoms with E-state index in [0.717, 1.165) is 19.4 Å². The number of likely N-dealkylation sites (tertiary alicyclic amines) is 1. The number of carbonyl (C=O) groups is 1. The topological polar surface area (TPSA) is 49.8 Å². The first-order valence-corrected chi connectivity index (χ1v) is 6.07. The first-order valence-electron chi connectivity index (χ1n) is 6.07. The number of ether oxygens (including phenoxy) is 1. The standard InChI is InChI=1S/C12H23NO3/c1-4-16-11(14)7-9-13-8-5-6-10(13)12(2,3)15/h10,15H,4-9H2,1-3H3. The van der Waals surface area contributed by atoms with Gasteiger partial charge in [-0.25, -0.2) is 0 Å². The summed E-state index contributed by atoms with van der Waals surface area (Å²) in [5.74, 6) is -0.149. The largest absolute Gasteiger partial charge is 0.466 e. The maximum Gasteiger partial charge on any atom is 0.307 e. The lowest BCUT2D eigenvalue weighted by Gasteiger charge is -2.33. The SMILES string of the molecule is CCOC(=O)CCN1CCCC1C(C)(C)O. The Balaban J connectivity index is 2.39. The van der Waals surface area contributed by atoms with Gasteiger partial charge in [0.15, 0.2) is 0 Å². The monoisotopic (exact) mass is 229 g/mol. The molecule has 1 rings (SSSR count). The van der Waals surface area contributed by atoms with E-state index in [9.17, 15) is 9.90 Å². The van der Waals surface area contributed by atoms with E-state index in [0.29, 0.717) is 19.6 Å². The summed E-state index contributed by atoms with van der Waals surface area (Å²) in [5, 5.41) is 10.00. The molecule has 1 N–H and O–H groups in total. The average Bonchev–Trinajstić information content (AvgIpc) is 2.62. The van der Waals surface area contributed by atoms with Crippen LogP contribution in [0.3, 0.4) is 0 Å². The Hall–Kier alpha value is -0.610. The fraction of sp³-hybridized carbons (Fsp3) is 0.917. The average molecular weight is 229 g/mol. The molecule has 0 spiro atoms. The van der Waals surface area contributed by atoms with Crippen LogP contribution in [0.15, 0.2) is 0 Å². The number of hydrogen-bond acceptors (Lipinski definition) is 4. The summed E-state index contributed by atoms with van der Waals surface area (Å²) < 4.78 is 4.89. The van der Waals surface area contributed by atoms with Crippen LogP contribution < -0.4 is 0 Å². The van der Waals surface area contributed by atoms with Crippen molar-refractivity contribution >= 4 is 5.97 Å². The Morgan fingerprint density at radius 3 is 2.81 bits per heavy atom. The number of rotatable bonds is 5. The Morgan fingerprint density at radius 1 is 1.56 bits per heavy atom. The summed E-state index contributed by atoms with van der Waals surface area (Å²) in [4.78, 5) is 13.4. The quantitative estimate of drug-likeness (QED) is 0.719. The molecule has 1 aliphatic heterocycles. The van der Waals surface area contributed by atoms with Crippen LogP contribution in [-0.2, 0) is 9.53 Å². The van der Waals surface area contributed by atoms with Gasteiger partial charge in [-0.3, -0.25) is 9.69 Å². The summed E-state index contributed by atoms with van der Waals surface area (Å²) in [6.07, 6.45) is 2.52. The van der Waals surface area contributed by atoms with Crippen molar-refractivity contribution < 1.29 is 14.6 Å². The summed E-state index contributed by atoms with van der Waals surface area (Å²) in [7, 11) is 0. The fourth-order valence-corrected chi connectivity index (χ4v) is 2.36. The van der Waals surface area contributed by atoms with Gasteiger partial charge in [0.05, 0.1) is 18.6 Å². The maximum absolute atomic E-state index is 11.2. The van der Waals surface area contributed by atoms with Gasteiger partial charge in [0, 0.05) is 12.6 Å². The third kappa shape index (κ3) is 3.76. The van der Waals surface area contributed by atoms with Crippen molar-refractivity contribution in [3.8, 4) is 0 Å². The van der Waals surface area contributed by atoms with E-state index in [2.05, 4.69) is 4.90 Å². The van der Waals surface area contributed by atoms with Gasteiger partial charge in [0.1, 0.15) is 0 Å². The molecule has 0 radical (unpaired) electrons. The Kier molecular flexibility index (Phi) is 4.74. The second-order valence-electron chi connectivity index (χ2n) is 4.90. The number of hydrogen-bond donors (Lipinski definition) is 1. The van der Waals surface area contributed by atoms with Crippen molar-refractivity contribution in [1.82, 2.24) is 4.90 Å². The molecule has 0 aromatic carbocycles. The molecule has 1 aliphatic rings. The molecule has 0 aliphatic carbocycles. The highest BCUT2D eigenvalue weighted by molar-refractivity contribution is 5.69. The molecule has 1 fully saturated rings. The van der Waals surface area contributed by atoms with Gasteiger partial charge in [-0.15, -0.1) is 0 Å². The zero-order chi connectivity index (χ0) is 12.2. The van der Waals surface area contributed by atoms with E-state index < -0.39 is 5.60 Å². The van der Waals surface area contributed by atoms with Crippen LogP contribution in [-0.4, -0.2) is 47.3 Å². The maximum atomic E-state index is 11.2.